The van der Waals surface area contributed by atoms with Gasteiger partial charge in [0.15, 0.2) is 0 Å². The number of hydrogen-bond acceptors (Lipinski definition) is 3. The molecule has 0 bridgehead atoms. The zero-order valence-electron chi connectivity index (χ0n) is 11.9. The van der Waals surface area contributed by atoms with Crippen LogP contribution in [0.2, 0.25) is 5.02 Å². The monoisotopic (exact) mass is 312 g/mol. The minimum absolute atomic E-state index is 0.201. The van der Waals surface area contributed by atoms with E-state index in [1.165, 1.54) is 4.90 Å². The van der Waals surface area contributed by atoms with E-state index < -0.39 is 5.97 Å². The van der Waals surface area contributed by atoms with E-state index in [1.54, 1.807) is 24.3 Å². The number of amides is 1. The van der Waals surface area contributed by atoms with Crippen molar-refractivity contribution in [2.45, 2.75) is 32.1 Å². The highest BCUT2D eigenvalue weighted by Gasteiger charge is 2.18. The minimum Gasteiger partial charge on any atom is -0.480 e. The van der Waals surface area contributed by atoms with Crippen LogP contribution >= 0.6 is 11.6 Å². The number of anilines is 1. The van der Waals surface area contributed by atoms with Gasteiger partial charge in [-0.2, -0.15) is 0 Å². The smallest absolute Gasteiger partial charge is 0.323 e. The van der Waals surface area contributed by atoms with Gasteiger partial charge < -0.3 is 15.7 Å². The molecule has 1 aromatic rings. The van der Waals surface area contributed by atoms with Crippen LogP contribution < -0.4 is 10.6 Å². The van der Waals surface area contributed by atoms with E-state index in [-0.39, 0.29) is 12.5 Å². The van der Waals surface area contributed by atoms with E-state index in [9.17, 15) is 9.59 Å². The number of benzene rings is 1. The lowest BCUT2D eigenvalue weighted by molar-refractivity contribution is -0.136. The molecule has 0 aliphatic carbocycles. The van der Waals surface area contributed by atoms with Gasteiger partial charge in [-0.3, -0.25) is 9.59 Å². The normalized spacial score (nSPS) is 10.4. The predicted octanol–water partition coefficient (Wildman–Crippen LogP) is 2.67. The topological polar surface area (TPSA) is 83.6 Å². The molecule has 0 saturated carbocycles. The maximum atomic E-state index is 12.2. The molecule has 0 spiro atoms. The van der Waals surface area contributed by atoms with Crippen LogP contribution in [0.1, 0.15) is 32.1 Å². The Bertz CT molecular complexity index is 480. The molecule has 0 aliphatic rings. The first-order valence-electron chi connectivity index (χ1n) is 7.02. The number of hydrogen-bond donors (Lipinski definition) is 2. The zero-order chi connectivity index (χ0) is 15.7. The lowest BCUT2D eigenvalue weighted by Gasteiger charge is -2.21. The second-order valence-electron chi connectivity index (χ2n) is 4.81. The lowest BCUT2D eigenvalue weighted by Crippen LogP contribution is -2.35. The number of unbranched alkanes of at least 4 members (excludes halogenated alkanes) is 3. The number of carboxylic acid groups (broad SMARTS) is 1. The van der Waals surface area contributed by atoms with Gasteiger partial charge in [-0.05, 0) is 37.6 Å². The van der Waals surface area contributed by atoms with Gasteiger partial charge in [0.2, 0.25) is 5.91 Å². The van der Waals surface area contributed by atoms with Gasteiger partial charge in [0.25, 0.3) is 0 Å². The standard InChI is InChI=1S/C15H21ClN2O3/c16-12-6-5-7-13(10-12)18(11-15(20)21)14(19)8-3-1-2-4-9-17/h5-7,10H,1-4,8-9,11,17H2,(H,20,21). The Morgan fingerprint density at radius 1 is 1.19 bits per heavy atom. The number of rotatable bonds is 9. The third-order valence-corrected chi connectivity index (χ3v) is 3.29. The molecule has 1 aromatic carbocycles. The number of nitrogens with two attached hydrogens (primary N) is 1. The van der Waals surface area contributed by atoms with Crippen LogP contribution in [0.4, 0.5) is 5.69 Å². The van der Waals surface area contributed by atoms with E-state index in [2.05, 4.69) is 0 Å². The van der Waals surface area contributed by atoms with Gasteiger partial charge in [0.1, 0.15) is 6.54 Å². The van der Waals surface area contributed by atoms with Crippen molar-refractivity contribution in [2.24, 2.45) is 5.73 Å². The SMILES string of the molecule is NCCCCCCC(=O)N(CC(=O)O)c1cccc(Cl)c1. The number of halogens is 1. The summed E-state index contributed by atoms with van der Waals surface area (Å²) in [5.41, 5.74) is 5.92. The van der Waals surface area contributed by atoms with Crippen molar-refractivity contribution in [3.8, 4) is 0 Å². The Hall–Kier alpha value is -1.59. The largest absolute Gasteiger partial charge is 0.480 e. The van der Waals surface area contributed by atoms with Crippen molar-refractivity contribution in [1.29, 1.82) is 0 Å². The van der Waals surface area contributed by atoms with Crippen LogP contribution in [-0.4, -0.2) is 30.1 Å². The van der Waals surface area contributed by atoms with Gasteiger partial charge in [-0.25, -0.2) is 0 Å². The quantitative estimate of drug-likeness (QED) is 0.687. The molecule has 0 heterocycles. The molecule has 6 heteroatoms. The molecule has 116 valence electrons. The summed E-state index contributed by atoms with van der Waals surface area (Å²) in [5, 5.41) is 9.44. The summed E-state index contributed by atoms with van der Waals surface area (Å²) in [6.07, 6.45) is 3.90. The fraction of sp³-hybridized carbons (Fsp3) is 0.467. The van der Waals surface area contributed by atoms with Crippen LogP contribution in [0.5, 0.6) is 0 Å². The van der Waals surface area contributed by atoms with E-state index in [4.69, 9.17) is 22.4 Å². The van der Waals surface area contributed by atoms with Gasteiger partial charge in [0.05, 0.1) is 0 Å². The van der Waals surface area contributed by atoms with Crippen molar-refractivity contribution in [3.63, 3.8) is 0 Å². The summed E-state index contributed by atoms with van der Waals surface area (Å²) in [6, 6.07) is 6.65. The predicted molar refractivity (Wildman–Crippen MR) is 83.6 cm³/mol. The van der Waals surface area contributed by atoms with Gasteiger partial charge in [0, 0.05) is 17.1 Å². The second-order valence-corrected chi connectivity index (χ2v) is 5.24. The van der Waals surface area contributed by atoms with Gasteiger partial charge in [-0.15, -0.1) is 0 Å². The number of carboxylic acids is 1. The highest BCUT2D eigenvalue weighted by molar-refractivity contribution is 6.30. The summed E-state index contributed by atoms with van der Waals surface area (Å²) >= 11 is 5.89. The van der Waals surface area contributed by atoms with E-state index in [0.717, 1.165) is 25.7 Å². The fourth-order valence-corrected chi connectivity index (χ4v) is 2.20. The van der Waals surface area contributed by atoms with Crippen molar-refractivity contribution in [1.82, 2.24) is 0 Å². The molecule has 0 aromatic heterocycles. The summed E-state index contributed by atoms with van der Waals surface area (Å²) in [5.74, 6) is -1.25. The molecule has 0 unspecified atom stereocenters. The van der Waals surface area contributed by atoms with Crippen molar-refractivity contribution in [3.05, 3.63) is 29.3 Å². The molecular weight excluding hydrogens is 292 g/mol. The molecule has 0 fully saturated rings. The molecule has 0 aliphatic heterocycles. The maximum Gasteiger partial charge on any atom is 0.323 e. The molecule has 21 heavy (non-hydrogen) atoms. The van der Waals surface area contributed by atoms with Crippen LogP contribution in [0, 0.1) is 0 Å². The Kier molecular flexibility index (Phi) is 7.79. The Morgan fingerprint density at radius 3 is 2.52 bits per heavy atom. The van der Waals surface area contributed by atoms with Gasteiger partial charge in [-0.1, -0.05) is 30.5 Å². The summed E-state index contributed by atoms with van der Waals surface area (Å²) < 4.78 is 0. The van der Waals surface area contributed by atoms with Crippen molar-refractivity contribution < 1.29 is 14.7 Å². The van der Waals surface area contributed by atoms with Gasteiger partial charge >= 0.3 is 5.97 Å². The molecule has 1 amide bonds. The average Bonchev–Trinajstić information content (AvgIpc) is 2.44. The van der Waals surface area contributed by atoms with Crippen LogP contribution in [0.3, 0.4) is 0 Å². The summed E-state index contributed by atoms with van der Waals surface area (Å²) in [4.78, 5) is 24.4. The summed E-state index contributed by atoms with van der Waals surface area (Å²) in [6.45, 7) is 0.295. The van der Waals surface area contributed by atoms with E-state index >= 15 is 0 Å². The molecule has 1 rings (SSSR count). The van der Waals surface area contributed by atoms with Crippen molar-refractivity contribution in [2.75, 3.05) is 18.0 Å². The third-order valence-electron chi connectivity index (χ3n) is 3.06. The number of aliphatic carboxylic acids is 1. The minimum atomic E-state index is -1.05. The lowest BCUT2D eigenvalue weighted by atomic mass is 10.1. The first-order valence-corrected chi connectivity index (χ1v) is 7.40. The number of nitrogens with zero attached hydrogens (tertiary/aromatic N) is 1. The van der Waals surface area contributed by atoms with Crippen LogP contribution in [0.15, 0.2) is 24.3 Å². The second kappa shape index (κ2) is 9.37. The highest BCUT2D eigenvalue weighted by atomic mass is 35.5. The Morgan fingerprint density at radius 2 is 1.90 bits per heavy atom. The Balaban J connectivity index is 2.64. The molecule has 5 nitrogen and oxygen atoms in total. The molecular formula is C15H21ClN2O3. The zero-order valence-corrected chi connectivity index (χ0v) is 12.7. The van der Waals surface area contributed by atoms with E-state index in [0.29, 0.717) is 23.7 Å². The first-order chi connectivity index (χ1) is 10.0. The van der Waals surface area contributed by atoms with Crippen molar-refractivity contribution >= 4 is 29.2 Å². The van der Waals surface area contributed by atoms with Crippen LogP contribution in [-0.2, 0) is 9.59 Å². The molecule has 0 saturated heterocycles. The number of carbonyl (C=O) groups excluding carboxylic acids is 1. The highest BCUT2D eigenvalue weighted by Crippen LogP contribution is 2.20. The molecule has 0 atom stereocenters. The van der Waals surface area contributed by atoms with Crippen LogP contribution in [0.25, 0.3) is 0 Å². The first kappa shape index (κ1) is 17.5. The average molecular weight is 313 g/mol. The van der Waals surface area contributed by atoms with E-state index in [1.807, 2.05) is 0 Å². The molecule has 0 radical (unpaired) electrons. The summed E-state index contributed by atoms with van der Waals surface area (Å²) in [7, 11) is 0. The Labute approximate surface area is 129 Å². The molecule has 3 N–H and O–H groups in total. The number of carbonyl (C=O) groups is 2. The third kappa shape index (κ3) is 6.60. The fourth-order valence-electron chi connectivity index (χ4n) is 2.01. The maximum absolute atomic E-state index is 12.2.